The largest absolute Gasteiger partial charge is 0.385 e. The topological polar surface area (TPSA) is 73.8 Å². The van der Waals surface area contributed by atoms with Gasteiger partial charge in [0.1, 0.15) is 0 Å². The van der Waals surface area contributed by atoms with Crippen LogP contribution in [0.3, 0.4) is 0 Å². The lowest BCUT2D eigenvalue weighted by molar-refractivity contribution is -0.0593. The summed E-state index contributed by atoms with van der Waals surface area (Å²) in [5.41, 5.74) is -1.72. The molecule has 3 N–H and O–H groups in total. The standard InChI is InChI=1S/C28H43F4N3O3/c1-33-18-22(17-20-10-13-27(31,32)14-11-20)34-26(36)35-15-6-7-21(19-35)28(37,12-3-4-16-38-2)23-8-5-9-24(29)25(23)30/h5,8-9,20-22,33,37H,3-4,6-7,10-19H2,1-2H3,(H,34,36). The number of nitrogens with one attached hydrogen (secondary N) is 2. The molecule has 1 saturated carbocycles. The van der Waals surface area contributed by atoms with Crippen molar-refractivity contribution in [3.8, 4) is 0 Å². The number of urea groups is 1. The number of likely N-dealkylation sites (N-methyl/N-ethyl adjacent to an activating group) is 1. The van der Waals surface area contributed by atoms with Crippen molar-refractivity contribution in [1.82, 2.24) is 15.5 Å². The van der Waals surface area contributed by atoms with Crippen LogP contribution in [0.2, 0.25) is 0 Å². The van der Waals surface area contributed by atoms with Gasteiger partial charge in [-0.2, -0.15) is 0 Å². The highest BCUT2D eigenvalue weighted by molar-refractivity contribution is 5.74. The van der Waals surface area contributed by atoms with E-state index >= 15 is 0 Å². The first-order valence-electron chi connectivity index (χ1n) is 13.8. The van der Waals surface area contributed by atoms with Crippen LogP contribution in [-0.2, 0) is 10.3 Å². The van der Waals surface area contributed by atoms with Crippen LogP contribution >= 0.6 is 0 Å². The minimum absolute atomic E-state index is 0.0793. The number of amides is 2. The third-order valence-electron chi connectivity index (χ3n) is 8.19. The summed E-state index contributed by atoms with van der Waals surface area (Å²) >= 11 is 0. The van der Waals surface area contributed by atoms with Crippen molar-refractivity contribution in [2.24, 2.45) is 11.8 Å². The van der Waals surface area contributed by atoms with Gasteiger partial charge in [-0.1, -0.05) is 12.1 Å². The molecule has 38 heavy (non-hydrogen) atoms. The summed E-state index contributed by atoms with van der Waals surface area (Å²) in [7, 11) is 3.36. The van der Waals surface area contributed by atoms with Crippen LogP contribution < -0.4 is 10.6 Å². The molecule has 1 saturated heterocycles. The molecule has 1 aromatic carbocycles. The quantitative estimate of drug-likeness (QED) is 0.250. The average molecular weight is 546 g/mol. The number of ether oxygens (including phenoxy) is 1. The second-order valence-corrected chi connectivity index (χ2v) is 11.0. The maximum atomic E-state index is 14.9. The molecule has 3 rings (SSSR count). The Kier molecular flexibility index (Phi) is 11.2. The van der Waals surface area contributed by atoms with E-state index in [0.717, 1.165) is 6.07 Å². The Labute approximate surface area is 223 Å². The van der Waals surface area contributed by atoms with Crippen LogP contribution in [0.5, 0.6) is 0 Å². The van der Waals surface area contributed by atoms with Gasteiger partial charge in [0.25, 0.3) is 0 Å². The van der Waals surface area contributed by atoms with E-state index in [2.05, 4.69) is 10.6 Å². The Morgan fingerprint density at radius 3 is 2.66 bits per heavy atom. The van der Waals surface area contributed by atoms with E-state index in [-0.39, 0.29) is 49.4 Å². The number of aliphatic hydroxyl groups is 1. The van der Waals surface area contributed by atoms with Gasteiger partial charge in [-0.3, -0.25) is 0 Å². The van der Waals surface area contributed by atoms with E-state index in [4.69, 9.17) is 4.74 Å². The van der Waals surface area contributed by atoms with E-state index < -0.39 is 29.1 Å². The Morgan fingerprint density at radius 2 is 1.97 bits per heavy atom. The van der Waals surface area contributed by atoms with Crippen molar-refractivity contribution in [2.45, 2.75) is 81.8 Å². The van der Waals surface area contributed by atoms with Gasteiger partial charge in [0.2, 0.25) is 5.92 Å². The number of nitrogens with zero attached hydrogens (tertiary/aromatic N) is 1. The molecule has 1 aromatic rings. The molecule has 2 aliphatic rings. The Morgan fingerprint density at radius 1 is 1.24 bits per heavy atom. The fourth-order valence-electron chi connectivity index (χ4n) is 6.03. The second-order valence-electron chi connectivity index (χ2n) is 11.0. The molecular weight excluding hydrogens is 502 g/mol. The maximum Gasteiger partial charge on any atom is 0.317 e. The molecule has 1 aliphatic carbocycles. The van der Waals surface area contributed by atoms with Crippen molar-refractivity contribution in [3.05, 3.63) is 35.4 Å². The van der Waals surface area contributed by atoms with Gasteiger partial charge in [-0.25, -0.2) is 22.4 Å². The highest BCUT2D eigenvalue weighted by Gasteiger charge is 2.43. The van der Waals surface area contributed by atoms with Crippen LogP contribution in [0.4, 0.5) is 22.4 Å². The maximum absolute atomic E-state index is 14.9. The van der Waals surface area contributed by atoms with Gasteiger partial charge in [0, 0.05) is 63.7 Å². The highest BCUT2D eigenvalue weighted by Crippen LogP contribution is 2.41. The third-order valence-corrected chi connectivity index (χ3v) is 8.19. The number of halogens is 4. The molecule has 2 amide bonds. The van der Waals surface area contributed by atoms with Crippen molar-refractivity contribution in [3.63, 3.8) is 0 Å². The fraction of sp³-hybridized carbons (Fsp3) is 0.750. The fourth-order valence-corrected chi connectivity index (χ4v) is 6.03. The number of rotatable bonds is 12. The van der Waals surface area contributed by atoms with E-state index in [0.29, 0.717) is 64.6 Å². The number of piperidine rings is 1. The average Bonchev–Trinajstić information content (AvgIpc) is 2.89. The van der Waals surface area contributed by atoms with E-state index in [1.54, 1.807) is 19.1 Å². The minimum Gasteiger partial charge on any atom is -0.385 e. The van der Waals surface area contributed by atoms with Crippen molar-refractivity contribution < 1.29 is 32.2 Å². The molecular formula is C28H43F4N3O3. The summed E-state index contributed by atoms with van der Waals surface area (Å²) < 4.78 is 61.3. The van der Waals surface area contributed by atoms with E-state index in [9.17, 15) is 27.5 Å². The number of methoxy groups -OCH3 is 1. The van der Waals surface area contributed by atoms with Gasteiger partial charge < -0.3 is 25.4 Å². The monoisotopic (exact) mass is 545 g/mol. The molecule has 3 atom stereocenters. The summed E-state index contributed by atoms with van der Waals surface area (Å²) in [4.78, 5) is 14.9. The number of unbranched alkanes of at least 4 members (excludes halogenated alkanes) is 1. The third kappa shape index (κ3) is 8.05. The van der Waals surface area contributed by atoms with Gasteiger partial charge in [0.15, 0.2) is 11.6 Å². The molecule has 2 fully saturated rings. The van der Waals surface area contributed by atoms with E-state index in [1.807, 2.05) is 0 Å². The van der Waals surface area contributed by atoms with Crippen molar-refractivity contribution in [1.29, 1.82) is 0 Å². The molecule has 0 radical (unpaired) electrons. The second kappa shape index (κ2) is 13.9. The number of likely N-dealkylation sites (tertiary alicyclic amines) is 1. The predicted molar refractivity (Wildman–Crippen MR) is 138 cm³/mol. The molecule has 0 aromatic heterocycles. The number of hydrogen-bond donors (Lipinski definition) is 3. The number of alkyl halides is 2. The lowest BCUT2D eigenvalue weighted by atomic mass is 9.74. The Bertz CT molecular complexity index is 896. The summed E-state index contributed by atoms with van der Waals surface area (Å²) in [6.45, 7) is 1.68. The smallest absolute Gasteiger partial charge is 0.317 e. The first-order chi connectivity index (χ1) is 18.1. The van der Waals surface area contributed by atoms with Crippen molar-refractivity contribution >= 4 is 6.03 Å². The normalized spacial score (nSPS) is 22.6. The lowest BCUT2D eigenvalue weighted by Crippen LogP contribution is -2.54. The molecule has 6 nitrogen and oxygen atoms in total. The van der Waals surface area contributed by atoms with Crippen LogP contribution in [-0.4, -0.2) is 68.4 Å². The van der Waals surface area contributed by atoms with E-state index in [1.165, 1.54) is 12.1 Å². The summed E-state index contributed by atoms with van der Waals surface area (Å²) in [5.74, 6) is -5.03. The zero-order valence-electron chi connectivity index (χ0n) is 22.6. The van der Waals surface area contributed by atoms with Gasteiger partial charge >= 0.3 is 6.03 Å². The molecule has 1 heterocycles. The van der Waals surface area contributed by atoms with Crippen molar-refractivity contribution in [2.75, 3.05) is 40.4 Å². The number of hydrogen-bond acceptors (Lipinski definition) is 4. The van der Waals surface area contributed by atoms with Crippen LogP contribution in [0, 0.1) is 23.5 Å². The van der Waals surface area contributed by atoms with Crippen LogP contribution in [0.1, 0.15) is 69.8 Å². The number of benzene rings is 1. The SMILES string of the molecule is CNCC(CC1CCC(F)(F)CC1)NC(=O)N1CCCC(C(O)(CCCCOC)c2cccc(F)c2F)C1. The highest BCUT2D eigenvalue weighted by atomic mass is 19.3. The Balaban J connectivity index is 1.70. The molecule has 3 unspecified atom stereocenters. The number of carbonyl (C=O) groups excluding carboxylic acids is 1. The van der Waals surface area contributed by atoms with Gasteiger partial charge in [0.05, 0.1) is 5.60 Å². The Hall–Kier alpha value is -1.91. The molecule has 1 aliphatic heterocycles. The van der Waals surface area contributed by atoms with Gasteiger partial charge in [-0.05, 0) is 70.4 Å². The van der Waals surface area contributed by atoms with Gasteiger partial charge in [-0.15, -0.1) is 0 Å². The molecule has 0 spiro atoms. The summed E-state index contributed by atoms with van der Waals surface area (Å²) in [6.07, 6.45) is 3.84. The molecule has 10 heteroatoms. The first kappa shape index (κ1) is 30.6. The lowest BCUT2D eigenvalue weighted by Gasteiger charge is -2.43. The zero-order valence-corrected chi connectivity index (χ0v) is 22.6. The predicted octanol–water partition coefficient (Wildman–Crippen LogP) is 5.19. The molecule has 216 valence electrons. The zero-order chi connectivity index (χ0) is 27.8. The summed E-state index contributed by atoms with van der Waals surface area (Å²) in [5, 5.41) is 18.0. The van der Waals surface area contributed by atoms with Crippen LogP contribution in [0.15, 0.2) is 18.2 Å². The first-order valence-corrected chi connectivity index (χ1v) is 13.8. The summed E-state index contributed by atoms with van der Waals surface area (Å²) in [6, 6.07) is 3.32. The minimum atomic E-state index is -2.59. The number of carbonyl (C=O) groups is 1. The molecule has 0 bridgehead atoms. The van der Waals surface area contributed by atoms with Crippen LogP contribution in [0.25, 0.3) is 0 Å².